The highest BCUT2D eigenvalue weighted by atomic mass is 16.5. The van der Waals surface area contributed by atoms with Gasteiger partial charge in [0.05, 0.1) is 31.4 Å². The first-order chi connectivity index (χ1) is 14.9. The molecule has 0 unspecified atom stereocenters. The Kier molecular flexibility index (Phi) is 5.44. The number of anilines is 1. The molecule has 0 saturated carbocycles. The number of aryl methyl sites for hydroxylation is 2. The summed E-state index contributed by atoms with van der Waals surface area (Å²) >= 11 is 0. The van der Waals surface area contributed by atoms with E-state index in [9.17, 15) is 4.79 Å². The Labute approximate surface area is 178 Å². The minimum absolute atomic E-state index is 0.179. The van der Waals surface area contributed by atoms with Crippen molar-refractivity contribution in [1.29, 1.82) is 0 Å². The van der Waals surface area contributed by atoms with Gasteiger partial charge in [-0.2, -0.15) is 10.2 Å². The van der Waals surface area contributed by atoms with Crippen LogP contribution in [-0.4, -0.2) is 47.9 Å². The van der Waals surface area contributed by atoms with Crippen LogP contribution in [0.25, 0.3) is 10.9 Å². The highest BCUT2D eigenvalue weighted by Gasteiger charge is 2.20. The van der Waals surface area contributed by atoms with Gasteiger partial charge in [0.1, 0.15) is 12.1 Å². The van der Waals surface area contributed by atoms with Crippen molar-refractivity contribution in [2.24, 2.45) is 7.05 Å². The van der Waals surface area contributed by atoms with Crippen molar-refractivity contribution >= 4 is 22.6 Å². The van der Waals surface area contributed by atoms with Gasteiger partial charge in [-0.1, -0.05) is 0 Å². The molecule has 3 aromatic heterocycles. The van der Waals surface area contributed by atoms with E-state index in [-0.39, 0.29) is 19.0 Å². The molecule has 0 saturated heterocycles. The molecule has 1 amide bonds. The summed E-state index contributed by atoms with van der Waals surface area (Å²) in [5.74, 6) is 1.24. The molecule has 158 valence electrons. The molecule has 2 N–H and O–H groups in total. The molecular weight excluding hydrogens is 396 g/mol. The number of rotatable bonds is 6. The first-order valence-electron chi connectivity index (χ1n) is 9.60. The van der Waals surface area contributed by atoms with E-state index in [4.69, 9.17) is 10.5 Å². The lowest BCUT2D eigenvalue weighted by atomic mass is 10.1. The normalized spacial score (nSPS) is 10.9. The Morgan fingerprint density at radius 3 is 2.68 bits per heavy atom. The number of nitrogens with two attached hydrogens (primary N) is 1. The fraction of sp³-hybridized carbons (Fsp3) is 0.238. The number of fused-ring (bicyclic) bond motifs is 1. The number of hydrogen-bond acceptors (Lipinski definition) is 8. The summed E-state index contributed by atoms with van der Waals surface area (Å²) in [6.45, 7) is 2.35. The van der Waals surface area contributed by atoms with Crippen molar-refractivity contribution in [3.8, 4) is 5.88 Å². The van der Waals surface area contributed by atoms with Gasteiger partial charge in [0.15, 0.2) is 5.82 Å². The maximum atomic E-state index is 13.4. The fourth-order valence-electron chi connectivity index (χ4n) is 3.18. The van der Waals surface area contributed by atoms with Crippen molar-refractivity contribution < 1.29 is 9.53 Å². The van der Waals surface area contributed by atoms with Gasteiger partial charge in [-0.15, -0.1) is 5.10 Å². The summed E-state index contributed by atoms with van der Waals surface area (Å²) in [5.41, 5.74) is 8.64. The number of amides is 1. The summed E-state index contributed by atoms with van der Waals surface area (Å²) in [6.07, 6.45) is 1.60. The van der Waals surface area contributed by atoms with Crippen LogP contribution in [0.4, 0.5) is 5.82 Å². The van der Waals surface area contributed by atoms with E-state index in [2.05, 4.69) is 25.3 Å². The average molecular weight is 418 g/mol. The highest BCUT2D eigenvalue weighted by Crippen LogP contribution is 2.21. The van der Waals surface area contributed by atoms with E-state index in [1.807, 2.05) is 19.1 Å². The monoisotopic (exact) mass is 418 g/mol. The zero-order valence-electron chi connectivity index (χ0n) is 17.5. The lowest BCUT2D eigenvalue weighted by Gasteiger charge is -2.21. The van der Waals surface area contributed by atoms with E-state index >= 15 is 0 Å². The van der Waals surface area contributed by atoms with Crippen molar-refractivity contribution in [3.05, 3.63) is 65.4 Å². The molecule has 3 heterocycles. The second kappa shape index (κ2) is 8.34. The van der Waals surface area contributed by atoms with Crippen molar-refractivity contribution in [2.45, 2.75) is 20.0 Å². The maximum absolute atomic E-state index is 13.4. The van der Waals surface area contributed by atoms with Gasteiger partial charge in [-0.3, -0.25) is 9.48 Å². The molecular formula is C21H22N8O2. The van der Waals surface area contributed by atoms with Crippen LogP contribution in [0.15, 0.2) is 42.7 Å². The van der Waals surface area contributed by atoms with Gasteiger partial charge in [0.2, 0.25) is 5.88 Å². The molecule has 0 atom stereocenters. The number of nitrogen functional groups attached to an aromatic ring is 1. The van der Waals surface area contributed by atoms with E-state index in [1.54, 1.807) is 47.2 Å². The predicted octanol–water partition coefficient (Wildman–Crippen LogP) is 1.90. The maximum Gasteiger partial charge on any atom is 0.254 e. The van der Waals surface area contributed by atoms with Crippen LogP contribution < -0.4 is 10.5 Å². The zero-order valence-corrected chi connectivity index (χ0v) is 17.5. The number of nitrogens with zero attached hydrogens (tertiary/aromatic N) is 7. The number of carbonyl (C=O) groups is 1. The SMILES string of the molecule is COc1ccc(CN(Cc2ncn(C)n2)C(=O)c2ccc3nc(N)c(C)cc3c2)nn1. The van der Waals surface area contributed by atoms with Crippen LogP contribution in [0.1, 0.15) is 27.4 Å². The van der Waals surface area contributed by atoms with Crippen LogP contribution in [-0.2, 0) is 20.1 Å². The third kappa shape index (κ3) is 4.42. The average Bonchev–Trinajstić information content (AvgIpc) is 3.18. The van der Waals surface area contributed by atoms with Crippen LogP contribution >= 0.6 is 0 Å². The molecule has 0 fully saturated rings. The van der Waals surface area contributed by atoms with Crippen molar-refractivity contribution in [3.63, 3.8) is 0 Å². The minimum Gasteiger partial charge on any atom is -0.480 e. The molecule has 31 heavy (non-hydrogen) atoms. The summed E-state index contributed by atoms with van der Waals surface area (Å²) < 4.78 is 6.65. The lowest BCUT2D eigenvalue weighted by Crippen LogP contribution is -2.31. The summed E-state index contributed by atoms with van der Waals surface area (Å²) in [5, 5.41) is 13.3. The first-order valence-corrected chi connectivity index (χ1v) is 9.60. The molecule has 1 aromatic carbocycles. The summed E-state index contributed by atoms with van der Waals surface area (Å²) in [4.78, 5) is 23.7. The standard InChI is InChI=1S/C21H22N8O2/c1-13-8-15-9-14(4-6-17(15)24-20(13)22)21(30)29(11-18-23-12-28(2)27-18)10-16-5-7-19(31-3)26-25-16/h4-9,12H,10-11H2,1-3H3,(H2,22,24). The molecule has 0 radical (unpaired) electrons. The van der Waals surface area contributed by atoms with Crippen molar-refractivity contribution in [1.82, 2.24) is 34.8 Å². The van der Waals surface area contributed by atoms with Gasteiger partial charge in [-0.05, 0) is 42.8 Å². The number of carbonyl (C=O) groups excluding carboxylic acids is 1. The molecule has 0 aliphatic carbocycles. The topological polar surface area (TPSA) is 125 Å². The van der Waals surface area contributed by atoms with Crippen LogP contribution in [0.2, 0.25) is 0 Å². The van der Waals surface area contributed by atoms with Gasteiger partial charge in [-0.25, -0.2) is 9.97 Å². The van der Waals surface area contributed by atoms with E-state index in [0.29, 0.717) is 28.8 Å². The number of aromatic nitrogens is 6. The fourth-order valence-corrected chi connectivity index (χ4v) is 3.18. The van der Waals surface area contributed by atoms with E-state index < -0.39 is 0 Å². The number of benzene rings is 1. The number of hydrogen-bond donors (Lipinski definition) is 1. The molecule has 10 heteroatoms. The second-order valence-electron chi connectivity index (χ2n) is 7.16. The predicted molar refractivity (Wildman–Crippen MR) is 114 cm³/mol. The molecule has 0 aliphatic heterocycles. The Balaban J connectivity index is 1.66. The Hall–Kier alpha value is -4.08. The van der Waals surface area contributed by atoms with E-state index in [0.717, 1.165) is 16.5 Å². The van der Waals surface area contributed by atoms with Crippen LogP contribution in [0.3, 0.4) is 0 Å². The van der Waals surface area contributed by atoms with Gasteiger partial charge >= 0.3 is 0 Å². The molecule has 4 aromatic rings. The van der Waals surface area contributed by atoms with Crippen molar-refractivity contribution in [2.75, 3.05) is 12.8 Å². The van der Waals surface area contributed by atoms with Gasteiger partial charge in [0, 0.05) is 24.1 Å². The first kappa shape index (κ1) is 20.2. The van der Waals surface area contributed by atoms with Crippen LogP contribution in [0, 0.1) is 6.92 Å². The number of methoxy groups -OCH3 is 1. The lowest BCUT2D eigenvalue weighted by molar-refractivity contribution is 0.0723. The zero-order chi connectivity index (χ0) is 22.0. The quantitative estimate of drug-likeness (QED) is 0.503. The van der Waals surface area contributed by atoms with Crippen LogP contribution in [0.5, 0.6) is 5.88 Å². The summed E-state index contributed by atoms with van der Waals surface area (Å²) in [6, 6.07) is 10.8. The molecule has 0 bridgehead atoms. The summed E-state index contributed by atoms with van der Waals surface area (Å²) in [7, 11) is 3.30. The molecule has 0 aliphatic rings. The smallest absolute Gasteiger partial charge is 0.254 e. The Bertz CT molecular complexity index is 1240. The van der Waals surface area contributed by atoms with Gasteiger partial charge < -0.3 is 15.4 Å². The third-order valence-corrected chi connectivity index (χ3v) is 4.82. The number of ether oxygens (including phenoxy) is 1. The third-order valence-electron chi connectivity index (χ3n) is 4.82. The van der Waals surface area contributed by atoms with Gasteiger partial charge in [0.25, 0.3) is 5.91 Å². The van der Waals surface area contributed by atoms with E-state index in [1.165, 1.54) is 7.11 Å². The highest BCUT2D eigenvalue weighted by molar-refractivity contribution is 5.98. The molecule has 4 rings (SSSR count). The Morgan fingerprint density at radius 1 is 1.16 bits per heavy atom. The largest absolute Gasteiger partial charge is 0.480 e. The number of pyridine rings is 1. The molecule has 10 nitrogen and oxygen atoms in total. The Morgan fingerprint density at radius 2 is 2.00 bits per heavy atom. The second-order valence-corrected chi connectivity index (χ2v) is 7.16. The molecule has 0 spiro atoms. The minimum atomic E-state index is -0.179.